The number of nitriles is 1. The van der Waals surface area contributed by atoms with Crippen molar-refractivity contribution in [1.29, 1.82) is 5.26 Å². The predicted octanol–water partition coefficient (Wildman–Crippen LogP) is 7.55. The minimum Gasteiger partial charge on any atom is -0.303 e. The van der Waals surface area contributed by atoms with Crippen LogP contribution in [0, 0.1) is 73.4 Å². The third-order valence-electron chi connectivity index (χ3n) is 13.1. The highest BCUT2D eigenvalue weighted by atomic mass is 16.1. The average molecular weight is 478 g/mol. The lowest BCUT2D eigenvalue weighted by atomic mass is 9.30. The van der Waals surface area contributed by atoms with Crippen molar-refractivity contribution in [3.05, 3.63) is 11.6 Å². The van der Waals surface area contributed by atoms with Crippen LogP contribution in [0.25, 0.3) is 0 Å². The summed E-state index contributed by atoms with van der Waals surface area (Å²) in [7, 11) is 0. The van der Waals surface area contributed by atoms with Crippen molar-refractivity contribution in [2.75, 3.05) is 0 Å². The van der Waals surface area contributed by atoms with Crippen LogP contribution in [0.3, 0.4) is 0 Å². The summed E-state index contributed by atoms with van der Waals surface area (Å²) in [5.41, 5.74) is 1.01. The standard InChI is InChI=1S/C32H47NO2/c1-27(2)10-12-32(20-35)13-11-30(6)23(24(32)17-27)14-22(19-34)26-29(5)16-21(18-33)15-28(3,4)25(29)8-9-31(26,30)7/h16,19-20,22-26H,8-15,17H2,1-7H3/t22?,23?,24?,25?,26?,29-,30+,31+,32+/m0/s1. The van der Waals surface area contributed by atoms with Gasteiger partial charge in [-0.2, -0.15) is 5.26 Å². The van der Waals surface area contributed by atoms with Gasteiger partial charge in [-0.25, -0.2) is 0 Å². The maximum absolute atomic E-state index is 12.9. The van der Waals surface area contributed by atoms with Gasteiger partial charge in [0.15, 0.2) is 0 Å². The second kappa shape index (κ2) is 7.55. The second-order valence-corrected chi connectivity index (χ2v) is 15.7. The molecule has 0 aromatic carbocycles. The Kier molecular flexibility index (Phi) is 5.44. The van der Waals surface area contributed by atoms with Crippen LogP contribution in [-0.2, 0) is 9.59 Å². The van der Waals surface area contributed by atoms with E-state index in [-0.39, 0.29) is 44.3 Å². The van der Waals surface area contributed by atoms with Crippen LogP contribution in [0.2, 0.25) is 0 Å². The lowest BCUT2D eigenvalue weighted by Crippen LogP contribution is -2.68. The van der Waals surface area contributed by atoms with Crippen LogP contribution < -0.4 is 0 Å². The molecule has 0 N–H and O–H groups in total. The van der Waals surface area contributed by atoms with Gasteiger partial charge in [0, 0.05) is 16.9 Å². The van der Waals surface area contributed by atoms with E-state index in [0.29, 0.717) is 17.8 Å². The molecule has 5 aliphatic rings. The van der Waals surface area contributed by atoms with Gasteiger partial charge in [-0.05, 0) is 109 Å². The Morgan fingerprint density at radius 3 is 2.23 bits per heavy atom. The summed E-state index contributed by atoms with van der Waals surface area (Å²) in [6.07, 6.45) is 14.3. The Balaban J connectivity index is 1.65. The monoisotopic (exact) mass is 477 g/mol. The van der Waals surface area contributed by atoms with E-state index in [0.717, 1.165) is 63.4 Å². The summed E-state index contributed by atoms with van der Waals surface area (Å²) in [4.78, 5) is 25.6. The van der Waals surface area contributed by atoms with E-state index in [1.54, 1.807) is 0 Å². The molecule has 4 fully saturated rings. The lowest BCUT2D eigenvalue weighted by molar-refractivity contribution is -0.240. The molecular weight excluding hydrogens is 430 g/mol. The second-order valence-electron chi connectivity index (χ2n) is 15.7. The van der Waals surface area contributed by atoms with Crippen LogP contribution >= 0.6 is 0 Å². The summed E-state index contributed by atoms with van der Waals surface area (Å²) >= 11 is 0. The van der Waals surface area contributed by atoms with Crippen LogP contribution in [0.1, 0.15) is 106 Å². The summed E-state index contributed by atoms with van der Waals surface area (Å²) in [5.74, 6) is 1.51. The van der Waals surface area contributed by atoms with Crippen molar-refractivity contribution in [3.63, 3.8) is 0 Å². The highest BCUT2D eigenvalue weighted by molar-refractivity contribution is 5.62. The molecule has 0 amide bonds. The molecule has 5 aliphatic carbocycles. The van der Waals surface area contributed by atoms with Crippen molar-refractivity contribution in [2.24, 2.45) is 62.1 Å². The maximum atomic E-state index is 12.9. The van der Waals surface area contributed by atoms with E-state index < -0.39 is 0 Å². The molecule has 0 heterocycles. The van der Waals surface area contributed by atoms with Crippen LogP contribution in [0.15, 0.2) is 11.6 Å². The van der Waals surface area contributed by atoms with Gasteiger partial charge in [0.05, 0.1) is 6.07 Å². The van der Waals surface area contributed by atoms with E-state index in [2.05, 4.69) is 60.6 Å². The zero-order chi connectivity index (χ0) is 25.7. The number of carbonyl (C=O) groups is 2. The van der Waals surface area contributed by atoms with Gasteiger partial charge in [0.1, 0.15) is 12.6 Å². The molecular formula is C32H47NO2. The van der Waals surface area contributed by atoms with Gasteiger partial charge in [-0.1, -0.05) is 54.5 Å². The summed E-state index contributed by atoms with van der Waals surface area (Å²) in [6.45, 7) is 16.9. The minimum absolute atomic E-state index is 0.0107. The number of hydrogen-bond acceptors (Lipinski definition) is 3. The molecule has 4 saturated carbocycles. The third kappa shape index (κ3) is 3.20. The first-order chi connectivity index (χ1) is 16.2. The van der Waals surface area contributed by atoms with E-state index in [9.17, 15) is 14.9 Å². The van der Waals surface area contributed by atoms with Crippen molar-refractivity contribution in [2.45, 2.75) is 106 Å². The third-order valence-corrected chi connectivity index (χ3v) is 13.1. The van der Waals surface area contributed by atoms with Crippen LogP contribution in [0.4, 0.5) is 0 Å². The molecule has 0 aliphatic heterocycles. The van der Waals surface area contributed by atoms with E-state index in [4.69, 9.17) is 0 Å². The maximum Gasteiger partial charge on any atom is 0.126 e. The average Bonchev–Trinajstić information content (AvgIpc) is 2.78. The topological polar surface area (TPSA) is 57.9 Å². The number of carbonyl (C=O) groups excluding carboxylic acids is 2. The molecule has 192 valence electrons. The van der Waals surface area contributed by atoms with Gasteiger partial charge in [-0.3, -0.25) is 0 Å². The summed E-state index contributed by atoms with van der Waals surface area (Å²) < 4.78 is 0. The normalized spacial score (nSPS) is 51.8. The molecule has 5 unspecified atom stereocenters. The van der Waals surface area contributed by atoms with E-state index in [1.165, 1.54) is 12.6 Å². The van der Waals surface area contributed by atoms with Crippen molar-refractivity contribution in [3.8, 4) is 6.07 Å². The minimum atomic E-state index is -0.196. The van der Waals surface area contributed by atoms with Gasteiger partial charge in [-0.15, -0.1) is 0 Å². The largest absolute Gasteiger partial charge is 0.303 e. The lowest BCUT2D eigenvalue weighted by Gasteiger charge is -2.73. The molecule has 3 nitrogen and oxygen atoms in total. The van der Waals surface area contributed by atoms with Crippen molar-refractivity contribution >= 4 is 12.6 Å². The molecule has 35 heavy (non-hydrogen) atoms. The number of hydrogen-bond donors (Lipinski definition) is 0. The van der Waals surface area contributed by atoms with Gasteiger partial charge in [0.2, 0.25) is 0 Å². The number of allylic oxidation sites excluding steroid dienone is 2. The number of fused-ring (bicyclic) bond motifs is 7. The fraction of sp³-hybridized carbons (Fsp3) is 0.844. The summed E-state index contributed by atoms with van der Waals surface area (Å²) in [5, 5.41) is 9.96. The quantitative estimate of drug-likeness (QED) is 0.386. The first kappa shape index (κ1) is 25.2. The number of nitrogens with zero attached hydrogens (tertiary/aromatic N) is 1. The van der Waals surface area contributed by atoms with Gasteiger partial charge in [0.25, 0.3) is 0 Å². The Morgan fingerprint density at radius 1 is 0.914 bits per heavy atom. The molecule has 0 aromatic rings. The number of aldehydes is 2. The Labute approximate surface area is 213 Å². The molecule has 0 bridgehead atoms. The molecule has 5 rings (SSSR count). The van der Waals surface area contributed by atoms with E-state index >= 15 is 0 Å². The Bertz CT molecular complexity index is 1000. The molecule has 3 heteroatoms. The fourth-order valence-electron chi connectivity index (χ4n) is 11.5. The fourth-order valence-corrected chi connectivity index (χ4v) is 11.5. The zero-order valence-corrected chi connectivity index (χ0v) is 23.2. The Hall–Kier alpha value is -1.43. The van der Waals surface area contributed by atoms with E-state index in [1.807, 2.05) is 0 Å². The smallest absolute Gasteiger partial charge is 0.126 e. The summed E-state index contributed by atoms with van der Waals surface area (Å²) in [6, 6.07) is 2.52. The van der Waals surface area contributed by atoms with Gasteiger partial charge >= 0.3 is 0 Å². The Morgan fingerprint density at radius 2 is 1.60 bits per heavy atom. The molecule has 9 atom stereocenters. The zero-order valence-electron chi connectivity index (χ0n) is 23.2. The van der Waals surface area contributed by atoms with Crippen molar-refractivity contribution < 1.29 is 9.59 Å². The van der Waals surface area contributed by atoms with Gasteiger partial charge < -0.3 is 9.59 Å². The highest BCUT2D eigenvalue weighted by Crippen LogP contribution is 2.77. The first-order valence-corrected chi connectivity index (χ1v) is 14.3. The van der Waals surface area contributed by atoms with Crippen LogP contribution in [-0.4, -0.2) is 12.6 Å². The SMILES string of the molecule is CC1(C)CC[C@]2(C=O)CC[C@]3(C)C(CC(C=O)C4[C@@]5(C)C=C(C#N)CC(C)(C)C5CC[C@]43C)C2C1. The van der Waals surface area contributed by atoms with Crippen LogP contribution in [0.5, 0.6) is 0 Å². The number of rotatable bonds is 2. The van der Waals surface area contributed by atoms with Crippen molar-refractivity contribution in [1.82, 2.24) is 0 Å². The molecule has 0 radical (unpaired) electrons. The molecule has 0 spiro atoms. The highest BCUT2D eigenvalue weighted by Gasteiger charge is 2.71. The molecule has 0 saturated heterocycles. The predicted molar refractivity (Wildman–Crippen MR) is 139 cm³/mol. The molecule has 0 aromatic heterocycles. The first-order valence-electron chi connectivity index (χ1n) is 14.3.